The number of aliphatic carboxylic acids is 1. The van der Waals surface area contributed by atoms with Crippen LogP contribution in [0.3, 0.4) is 0 Å². The number of carboxylic acid groups (broad SMARTS) is 1. The smallest absolute Gasteiger partial charge is 0.303 e. The van der Waals surface area contributed by atoms with E-state index >= 15 is 0 Å². The van der Waals surface area contributed by atoms with Gasteiger partial charge < -0.3 is 15.2 Å². The van der Waals surface area contributed by atoms with Crippen LogP contribution in [0.15, 0.2) is 11.6 Å². The van der Waals surface area contributed by atoms with Gasteiger partial charge in [0, 0.05) is 19.6 Å². The molecule has 0 unspecified atom stereocenters. The Hall–Kier alpha value is -1.36. The molecule has 8 atom stereocenters. The number of nitrogens with one attached hydrogen (secondary N) is 1. The molecule has 0 aromatic heterocycles. The molecule has 222 valence electrons. The molecule has 0 radical (unpaired) electrons. The summed E-state index contributed by atoms with van der Waals surface area (Å²) < 4.78 is 6.28. The molecule has 4 aliphatic rings. The summed E-state index contributed by atoms with van der Waals surface area (Å²) in [5.41, 5.74) is 2.56. The summed E-state index contributed by atoms with van der Waals surface area (Å²) in [5.74, 6) is 4.10. The Balaban J connectivity index is 1.27. The van der Waals surface area contributed by atoms with Crippen molar-refractivity contribution in [3.63, 3.8) is 0 Å². The van der Waals surface area contributed by atoms with E-state index in [9.17, 15) is 9.59 Å². The average Bonchev–Trinajstić information content (AvgIpc) is 3.24. The molecule has 0 spiro atoms. The predicted octanol–water partition coefficient (Wildman–Crippen LogP) is 7.78. The highest BCUT2D eigenvalue weighted by Crippen LogP contribution is 2.67. The van der Waals surface area contributed by atoms with Crippen LogP contribution in [0, 0.1) is 46.3 Å². The highest BCUT2D eigenvalue weighted by Gasteiger charge is 2.59. The quantitative estimate of drug-likeness (QED) is 0.184. The van der Waals surface area contributed by atoms with E-state index < -0.39 is 5.97 Å². The normalized spacial score (nSPS) is 36.5. The second-order valence-electron chi connectivity index (χ2n) is 14.6. The van der Waals surface area contributed by atoms with Gasteiger partial charge in [-0.1, -0.05) is 65.5 Å². The van der Waals surface area contributed by atoms with Crippen LogP contribution in [-0.2, 0) is 14.3 Å². The Morgan fingerprint density at radius 3 is 2.56 bits per heavy atom. The number of hydrogen-bond donors (Lipinski definition) is 2. The van der Waals surface area contributed by atoms with Gasteiger partial charge in [0.25, 0.3) is 0 Å². The molecule has 5 nitrogen and oxygen atoms in total. The fourth-order valence-corrected chi connectivity index (χ4v) is 9.65. The molecule has 4 aliphatic carbocycles. The van der Waals surface area contributed by atoms with Crippen molar-refractivity contribution in [1.82, 2.24) is 5.32 Å². The molecule has 0 saturated heterocycles. The summed E-state index contributed by atoms with van der Waals surface area (Å²) in [5, 5.41) is 11.5. The van der Waals surface area contributed by atoms with E-state index in [1.807, 2.05) is 0 Å². The highest BCUT2D eigenvalue weighted by molar-refractivity contribution is 5.80. The molecule has 3 fully saturated rings. The molecule has 39 heavy (non-hydrogen) atoms. The van der Waals surface area contributed by atoms with Crippen molar-refractivity contribution in [2.75, 3.05) is 13.2 Å². The van der Waals surface area contributed by atoms with Crippen molar-refractivity contribution in [3.8, 4) is 0 Å². The van der Waals surface area contributed by atoms with Crippen molar-refractivity contribution >= 4 is 11.9 Å². The predicted molar refractivity (Wildman–Crippen MR) is 157 cm³/mol. The molecule has 0 aromatic carbocycles. The fraction of sp³-hybridized carbons (Fsp3) is 0.882. The summed E-state index contributed by atoms with van der Waals surface area (Å²) in [6.07, 6.45) is 18.3. The summed E-state index contributed by atoms with van der Waals surface area (Å²) >= 11 is 0. The van der Waals surface area contributed by atoms with Crippen LogP contribution in [0.4, 0.5) is 0 Å². The maximum atomic E-state index is 11.7. The van der Waals surface area contributed by atoms with Crippen LogP contribution < -0.4 is 5.32 Å². The van der Waals surface area contributed by atoms with E-state index in [2.05, 4.69) is 46.0 Å². The van der Waals surface area contributed by atoms with E-state index in [0.29, 0.717) is 30.1 Å². The lowest BCUT2D eigenvalue weighted by atomic mass is 9.47. The van der Waals surface area contributed by atoms with E-state index in [0.717, 1.165) is 54.8 Å². The van der Waals surface area contributed by atoms with E-state index in [4.69, 9.17) is 9.84 Å². The molecule has 2 N–H and O–H groups in total. The van der Waals surface area contributed by atoms with Crippen LogP contribution >= 0.6 is 0 Å². The molecule has 1 amide bonds. The molecule has 0 aliphatic heterocycles. The summed E-state index contributed by atoms with van der Waals surface area (Å²) in [7, 11) is 0. The van der Waals surface area contributed by atoms with Crippen LogP contribution in [0.2, 0.25) is 0 Å². The molecule has 5 heteroatoms. The van der Waals surface area contributed by atoms with Crippen molar-refractivity contribution in [1.29, 1.82) is 0 Å². The minimum Gasteiger partial charge on any atom is -0.481 e. The van der Waals surface area contributed by atoms with Crippen molar-refractivity contribution in [2.24, 2.45) is 46.3 Å². The Morgan fingerprint density at radius 1 is 1.03 bits per heavy atom. The standard InChI is InChI=1S/C34H57NO4/c1-23(2)8-6-9-24(3)28-12-13-29-27-11-10-25-22-26(39-21-7-20-35-31(36)14-15-32(37)38)16-18-33(25,4)30(27)17-19-34(28,29)5/h10,23-24,26-30H,6-9,11-22H2,1-5H3,(H,35,36)(H,37,38)/t24-,26-,27-,28+,29+,30+,33-,34+/m0/s1. The van der Waals surface area contributed by atoms with Crippen molar-refractivity contribution in [3.05, 3.63) is 11.6 Å². The lowest BCUT2D eigenvalue weighted by Gasteiger charge is -2.58. The molecular weight excluding hydrogens is 486 g/mol. The second-order valence-corrected chi connectivity index (χ2v) is 14.6. The monoisotopic (exact) mass is 543 g/mol. The summed E-state index contributed by atoms with van der Waals surface area (Å²) in [6, 6.07) is 0. The second kappa shape index (κ2) is 13.1. The van der Waals surface area contributed by atoms with Gasteiger partial charge in [-0.3, -0.25) is 9.59 Å². The number of carbonyl (C=O) groups is 2. The highest BCUT2D eigenvalue weighted by atomic mass is 16.5. The Morgan fingerprint density at radius 2 is 1.82 bits per heavy atom. The maximum Gasteiger partial charge on any atom is 0.303 e. The minimum atomic E-state index is -0.932. The SMILES string of the molecule is CC(C)CCC[C@H](C)[C@H]1CC[C@@H]2[C@@H]3CC=C4C[C@@H](OCCCNC(=O)CCC(=O)O)CC[C@]4(C)[C@@H]3CC[C@@]21C. The van der Waals surface area contributed by atoms with Crippen molar-refractivity contribution < 1.29 is 19.4 Å². The number of fused-ring (bicyclic) bond motifs is 5. The van der Waals surface area contributed by atoms with Gasteiger partial charge in [0.2, 0.25) is 5.91 Å². The van der Waals surface area contributed by atoms with E-state index in [1.165, 1.54) is 57.8 Å². The van der Waals surface area contributed by atoms with Gasteiger partial charge in [0.15, 0.2) is 0 Å². The third-order valence-corrected chi connectivity index (χ3v) is 11.8. The minimum absolute atomic E-state index is 0.0473. The molecular formula is C34H57NO4. The first-order valence-corrected chi connectivity index (χ1v) is 16.3. The maximum absolute atomic E-state index is 11.7. The Bertz CT molecular complexity index is 882. The first kappa shape index (κ1) is 30.6. The van der Waals surface area contributed by atoms with Gasteiger partial charge in [0.1, 0.15) is 0 Å². The largest absolute Gasteiger partial charge is 0.481 e. The third-order valence-electron chi connectivity index (χ3n) is 11.8. The van der Waals surface area contributed by atoms with Crippen LogP contribution in [0.5, 0.6) is 0 Å². The Kier molecular flexibility index (Phi) is 10.3. The number of carboxylic acids is 1. The number of carbonyl (C=O) groups excluding carboxylic acids is 1. The van der Waals surface area contributed by atoms with E-state index in [1.54, 1.807) is 5.57 Å². The summed E-state index contributed by atoms with van der Waals surface area (Å²) in [6.45, 7) is 13.8. The van der Waals surface area contributed by atoms with Crippen LogP contribution in [-0.4, -0.2) is 36.2 Å². The topological polar surface area (TPSA) is 75.6 Å². The molecule has 3 saturated carbocycles. The van der Waals surface area contributed by atoms with E-state index in [-0.39, 0.29) is 18.7 Å². The first-order valence-electron chi connectivity index (χ1n) is 16.3. The molecule has 0 bridgehead atoms. The van der Waals surface area contributed by atoms with Gasteiger partial charge in [0.05, 0.1) is 12.5 Å². The number of hydrogen-bond acceptors (Lipinski definition) is 3. The summed E-state index contributed by atoms with van der Waals surface area (Å²) in [4.78, 5) is 22.3. The van der Waals surface area contributed by atoms with Crippen LogP contribution in [0.25, 0.3) is 0 Å². The van der Waals surface area contributed by atoms with Crippen molar-refractivity contribution in [2.45, 2.75) is 131 Å². The zero-order chi connectivity index (χ0) is 28.2. The zero-order valence-corrected chi connectivity index (χ0v) is 25.6. The first-order chi connectivity index (χ1) is 18.5. The van der Waals surface area contributed by atoms with Gasteiger partial charge in [-0.15, -0.1) is 0 Å². The number of allylic oxidation sites excluding steroid dienone is 1. The van der Waals surface area contributed by atoms with Gasteiger partial charge >= 0.3 is 5.97 Å². The zero-order valence-electron chi connectivity index (χ0n) is 25.6. The van der Waals surface area contributed by atoms with Gasteiger partial charge in [-0.2, -0.15) is 0 Å². The molecule has 0 heterocycles. The number of rotatable bonds is 13. The lowest BCUT2D eigenvalue weighted by Crippen LogP contribution is -2.51. The van der Waals surface area contributed by atoms with Gasteiger partial charge in [-0.25, -0.2) is 0 Å². The van der Waals surface area contributed by atoms with Crippen LogP contribution in [0.1, 0.15) is 125 Å². The molecule has 0 aromatic rings. The average molecular weight is 544 g/mol. The fourth-order valence-electron chi connectivity index (χ4n) is 9.65. The molecule has 4 rings (SSSR count). The van der Waals surface area contributed by atoms with Gasteiger partial charge in [-0.05, 0) is 104 Å². The number of amides is 1. The Labute approximate surface area is 238 Å². The lowest BCUT2D eigenvalue weighted by molar-refractivity contribution is -0.138. The third kappa shape index (κ3) is 6.93. The number of ether oxygens (including phenoxy) is 1.